The molecule has 0 heterocycles. The van der Waals surface area contributed by atoms with Gasteiger partial charge in [0.05, 0.1) is 11.7 Å². The van der Waals surface area contributed by atoms with Gasteiger partial charge in [-0.3, -0.25) is 4.79 Å². The Hall–Kier alpha value is -1.55. The molecule has 1 saturated carbocycles. The van der Waals surface area contributed by atoms with Crippen LogP contribution < -0.4 is 5.32 Å². The molecule has 1 aromatic carbocycles. The van der Waals surface area contributed by atoms with Crippen molar-refractivity contribution in [2.24, 2.45) is 5.92 Å². The summed E-state index contributed by atoms with van der Waals surface area (Å²) in [6.07, 6.45) is 2.46. The highest BCUT2D eigenvalue weighted by atomic mass is 16.3. The quantitative estimate of drug-likeness (QED) is 0.762. The van der Waals surface area contributed by atoms with Crippen molar-refractivity contribution in [2.75, 3.05) is 6.54 Å². The first kappa shape index (κ1) is 12.9. The SMILES string of the molecule is Cc1ccc(C(=O)NCC2CCCC2O)c(O)c1. The first-order chi connectivity index (χ1) is 8.58. The van der Waals surface area contributed by atoms with E-state index in [2.05, 4.69) is 5.32 Å². The Morgan fingerprint density at radius 3 is 2.83 bits per heavy atom. The lowest BCUT2D eigenvalue weighted by atomic mass is 10.1. The average molecular weight is 249 g/mol. The van der Waals surface area contributed by atoms with Crippen LogP contribution in [0.2, 0.25) is 0 Å². The lowest BCUT2D eigenvalue weighted by Gasteiger charge is -2.15. The maximum absolute atomic E-state index is 11.9. The highest BCUT2D eigenvalue weighted by Gasteiger charge is 2.25. The Balaban J connectivity index is 1.95. The molecule has 0 spiro atoms. The molecule has 18 heavy (non-hydrogen) atoms. The van der Waals surface area contributed by atoms with Crippen LogP contribution in [0.5, 0.6) is 5.75 Å². The van der Waals surface area contributed by atoms with Crippen molar-refractivity contribution in [3.05, 3.63) is 29.3 Å². The molecule has 0 aliphatic heterocycles. The molecule has 0 bridgehead atoms. The van der Waals surface area contributed by atoms with Crippen LogP contribution in [0.15, 0.2) is 18.2 Å². The number of aryl methyl sites for hydroxylation is 1. The topological polar surface area (TPSA) is 69.6 Å². The van der Waals surface area contributed by atoms with Crippen molar-refractivity contribution in [1.29, 1.82) is 0 Å². The predicted octanol–water partition coefficient (Wildman–Crippen LogP) is 1.59. The molecule has 0 aromatic heterocycles. The maximum atomic E-state index is 11.9. The highest BCUT2D eigenvalue weighted by Crippen LogP contribution is 2.25. The second-order valence-electron chi connectivity index (χ2n) is 4.99. The zero-order valence-electron chi connectivity index (χ0n) is 10.5. The number of rotatable bonds is 3. The monoisotopic (exact) mass is 249 g/mol. The van der Waals surface area contributed by atoms with Gasteiger partial charge in [0.2, 0.25) is 0 Å². The van der Waals surface area contributed by atoms with Crippen LogP contribution >= 0.6 is 0 Å². The van der Waals surface area contributed by atoms with E-state index >= 15 is 0 Å². The van der Waals surface area contributed by atoms with Gasteiger partial charge in [-0.25, -0.2) is 0 Å². The number of carbonyl (C=O) groups is 1. The van der Waals surface area contributed by atoms with Crippen LogP contribution in [0.3, 0.4) is 0 Å². The fraction of sp³-hybridized carbons (Fsp3) is 0.500. The molecular weight excluding hydrogens is 230 g/mol. The molecule has 4 heteroatoms. The van der Waals surface area contributed by atoms with Gasteiger partial charge in [0, 0.05) is 12.5 Å². The Labute approximate surface area is 107 Å². The Bertz CT molecular complexity index is 445. The number of amides is 1. The van der Waals surface area contributed by atoms with E-state index in [1.807, 2.05) is 6.92 Å². The van der Waals surface area contributed by atoms with Crippen molar-refractivity contribution in [3.8, 4) is 5.75 Å². The van der Waals surface area contributed by atoms with Gasteiger partial charge in [0.25, 0.3) is 5.91 Å². The number of phenolic OH excluding ortho intramolecular Hbond substituents is 1. The number of aliphatic hydroxyl groups excluding tert-OH is 1. The number of aliphatic hydroxyl groups is 1. The largest absolute Gasteiger partial charge is 0.507 e. The van der Waals surface area contributed by atoms with E-state index in [1.54, 1.807) is 18.2 Å². The Morgan fingerprint density at radius 1 is 1.44 bits per heavy atom. The summed E-state index contributed by atoms with van der Waals surface area (Å²) in [5.74, 6) is -0.146. The Morgan fingerprint density at radius 2 is 2.22 bits per heavy atom. The third-order valence-corrected chi connectivity index (χ3v) is 3.54. The molecule has 98 valence electrons. The van der Waals surface area contributed by atoms with Crippen LogP contribution in [0.1, 0.15) is 35.2 Å². The Kier molecular flexibility index (Phi) is 3.87. The van der Waals surface area contributed by atoms with Crippen molar-refractivity contribution in [1.82, 2.24) is 5.32 Å². The van der Waals surface area contributed by atoms with E-state index < -0.39 is 0 Å². The molecule has 1 aromatic rings. The lowest BCUT2D eigenvalue weighted by molar-refractivity contribution is 0.0914. The number of nitrogens with one attached hydrogen (secondary N) is 1. The molecule has 4 nitrogen and oxygen atoms in total. The van der Waals surface area contributed by atoms with Gasteiger partial charge in [0.15, 0.2) is 0 Å². The maximum Gasteiger partial charge on any atom is 0.255 e. The zero-order chi connectivity index (χ0) is 13.1. The number of aromatic hydroxyl groups is 1. The summed E-state index contributed by atoms with van der Waals surface area (Å²) < 4.78 is 0. The summed E-state index contributed by atoms with van der Waals surface area (Å²) in [6, 6.07) is 4.98. The first-order valence-electron chi connectivity index (χ1n) is 6.34. The van der Waals surface area contributed by atoms with Crippen LogP contribution in [-0.4, -0.2) is 28.8 Å². The molecular formula is C14H19NO3. The van der Waals surface area contributed by atoms with E-state index in [1.165, 1.54) is 0 Å². The predicted molar refractivity (Wildman–Crippen MR) is 68.5 cm³/mol. The van der Waals surface area contributed by atoms with Gasteiger partial charge >= 0.3 is 0 Å². The number of carbonyl (C=O) groups excluding carboxylic acids is 1. The molecule has 0 saturated heterocycles. The van der Waals surface area contributed by atoms with Crippen LogP contribution in [-0.2, 0) is 0 Å². The van der Waals surface area contributed by atoms with E-state index in [9.17, 15) is 15.0 Å². The summed E-state index contributed by atoms with van der Waals surface area (Å²) in [5.41, 5.74) is 1.20. The van der Waals surface area contributed by atoms with Gasteiger partial charge < -0.3 is 15.5 Å². The van der Waals surface area contributed by atoms with E-state index in [-0.39, 0.29) is 29.2 Å². The van der Waals surface area contributed by atoms with Gasteiger partial charge in [-0.1, -0.05) is 12.5 Å². The second kappa shape index (κ2) is 5.40. The summed E-state index contributed by atoms with van der Waals surface area (Å²) >= 11 is 0. The van der Waals surface area contributed by atoms with Crippen molar-refractivity contribution < 1.29 is 15.0 Å². The van der Waals surface area contributed by atoms with Crippen LogP contribution in [0.4, 0.5) is 0 Å². The normalized spacial score (nSPS) is 23.0. The van der Waals surface area contributed by atoms with E-state index in [0.717, 1.165) is 24.8 Å². The van der Waals surface area contributed by atoms with Gasteiger partial charge in [-0.05, 0) is 37.5 Å². The van der Waals surface area contributed by atoms with Crippen molar-refractivity contribution in [2.45, 2.75) is 32.3 Å². The fourth-order valence-corrected chi connectivity index (χ4v) is 2.41. The number of hydrogen-bond donors (Lipinski definition) is 3. The summed E-state index contributed by atoms with van der Waals surface area (Å²) in [6.45, 7) is 2.32. The minimum atomic E-state index is -0.308. The molecule has 1 aliphatic rings. The van der Waals surface area contributed by atoms with Crippen LogP contribution in [0.25, 0.3) is 0 Å². The van der Waals surface area contributed by atoms with Gasteiger partial charge in [-0.15, -0.1) is 0 Å². The molecule has 2 atom stereocenters. The molecule has 3 N–H and O–H groups in total. The zero-order valence-corrected chi connectivity index (χ0v) is 10.5. The standard InChI is InChI=1S/C14H19NO3/c1-9-5-6-11(13(17)7-9)14(18)15-8-10-3-2-4-12(10)16/h5-7,10,12,16-17H,2-4,8H2,1H3,(H,15,18). The second-order valence-corrected chi connectivity index (χ2v) is 4.99. The van der Waals surface area contributed by atoms with Gasteiger partial charge in [0.1, 0.15) is 5.75 Å². The highest BCUT2D eigenvalue weighted by molar-refractivity contribution is 5.96. The summed E-state index contributed by atoms with van der Waals surface area (Å²) in [7, 11) is 0. The molecule has 2 unspecified atom stereocenters. The number of phenols is 1. The molecule has 2 rings (SSSR count). The molecule has 1 fully saturated rings. The number of hydrogen-bond acceptors (Lipinski definition) is 3. The third kappa shape index (κ3) is 2.82. The molecule has 0 radical (unpaired) electrons. The van der Waals surface area contributed by atoms with E-state index in [4.69, 9.17) is 0 Å². The van der Waals surface area contributed by atoms with Gasteiger partial charge in [-0.2, -0.15) is 0 Å². The minimum Gasteiger partial charge on any atom is -0.507 e. The van der Waals surface area contributed by atoms with Crippen LogP contribution in [0, 0.1) is 12.8 Å². The first-order valence-corrected chi connectivity index (χ1v) is 6.34. The number of benzene rings is 1. The lowest BCUT2D eigenvalue weighted by Crippen LogP contribution is -2.32. The minimum absolute atomic E-state index is 0.000490. The third-order valence-electron chi connectivity index (χ3n) is 3.54. The average Bonchev–Trinajstić information content (AvgIpc) is 2.72. The summed E-state index contributed by atoms with van der Waals surface area (Å²) in [5, 5.41) is 22.1. The molecule has 1 aliphatic carbocycles. The smallest absolute Gasteiger partial charge is 0.255 e. The van der Waals surface area contributed by atoms with E-state index in [0.29, 0.717) is 6.54 Å². The summed E-state index contributed by atoms with van der Waals surface area (Å²) in [4.78, 5) is 11.9. The van der Waals surface area contributed by atoms with Crippen molar-refractivity contribution in [3.63, 3.8) is 0 Å². The molecule has 1 amide bonds. The van der Waals surface area contributed by atoms with Crippen molar-refractivity contribution >= 4 is 5.91 Å². The fourth-order valence-electron chi connectivity index (χ4n) is 2.41.